The van der Waals surface area contributed by atoms with Crippen LogP contribution in [0.15, 0.2) is 30.3 Å². The maximum atomic E-state index is 13.9. The lowest BCUT2D eigenvalue weighted by molar-refractivity contribution is -0.141. The van der Waals surface area contributed by atoms with Crippen molar-refractivity contribution in [3.05, 3.63) is 47.4 Å². The van der Waals surface area contributed by atoms with Gasteiger partial charge in [0.2, 0.25) is 0 Å². The highest BCUT2D eigenvalue weighted by Crippen LogP contribution is 2.31. The zero-order valence-electron chi connectivity index (χ0n) is 10.6. The lowest BCUT2D eigenvalue weighted by Crippen LogP contribution is -2.33. The predicted molar refractivity (Wildman–Crippen MR) is 66.9 cm³/mol. The molecule has 0 unspecified atom stereocenters. The molecule has 1 heterocycles. The molecule has 0 saturated carbocycles. The molecule has 2 rings (SSSR count). The van der Waals surface area contributed by atoms with Gasteiger partial charge in [-0.3, -0.25) is 9.89 Å². The van der Waals surface area contributed by atoms with E-state index in [-0.39, 0.29) is 5.82 Å². The summed E-state index contributed by atoms with van der Waals surface area (Å²) in [7, 11) is 0. The lowest BCUT2D eigenvalue weighted by Gasteiger charge is -2.15. The number of H-pyrrole nitrogens is 1. The minimum atomic E-state index is -3.98. The van der Waals surface area contributed by atoms with Gasteiger partial charge in [-0.15, -0.1) is 0 Å². The number of alkyl halides is 2. The Hall–Kier alpha value is -2.31. The van der Waals surface area contributed by atoms with Crippen molar-refractivity contribution in [3.63, 3.8) is 0 Å². The maximum Gasteiger partial charge on any atom is 0.352 e. The molecule has 1 amide bonds. The van der Waals surface area contributed by atoms with Crippen molar-refractivity contribution >= 4 is 11.7 Å². The molecule has 106 valence electrons. The predicted octanol–water partition coefficient (Wildman–Crippen LogP) is 2.84. The second-order valence-corrected chi connectivity index (χ2v) is 4.14. The monoisotopic (exact) mass is 283 g/mol. The molecule has 0 aliphatic carbocycles. The first kappa shape index (κ1) is 14.1. The Labute approximate surface area is 113 Å². The summed E-state index contributed by atoms with van der Waals surface area (Å²) in [6.45, 7) is 1.84. The van der Waals surface area contributed by atoms with Gasteiger partial charge in [0.1, 0.15) is 5.82 Å². The SMILES string of the molecule is CCc1cc(NC(=O)C(F)(F)c2ccccc2F)n[nH]1. The van der Waals surface area contributed by atoms with Crippen LogP contribution >= 0.6 is 0 Å². The Morgan fingerprint density at radius 1 is 1.40 bits per heavy atom. The van der Waals surface area contributed by atoms with E-state index in [1.165, 1.54) is 18.2 Å². The molecule has 0 radical (unpaired) electrons. The molecule has 0 spiro atoms. The first-order valence-corrected chi connectivity index (χ1v) is 5.93. The number of carbonyl (C=O) groups excluding carboxylic acids is 1. The molecule has 0 fully saturated rings. The Morgan fingerprint density at radius 2 is 2.10 bits per heavy atom. The quantitative estimate of drug-likeness (QED) is 0.906. The van der Waals surface area contributed by atoms with Crippen molar-refractivity contribution in [2.45, 2.75) is 19.3 Å². The van der Waals surface area contributed by atoms with E-state index in [9.17, 15) is 18.0 Å². The number of hydrogen-bond donors (Lipinski definition) is 2. The summed E-state index contributed by atoms with van der Waals surface area (Å²) in [4.78, 5) is 11.6. The van der Waals surface area contributed by atoms with Crippen LogP contribution in [0.25, 0.3) is 0 Å². The van der Waals surface area contributed by atoms with Gasteiger partial charge >= 0.3 is 11.8 Å². The van der Waals surface area contributed by atoms with E-state index in [1.807, 2.05) is 12.2 Å². The fourth-order valence-corrected chi connectivity index (χ4v) is 1.64. The summed E-state index contributed by atoms with van der Waals surface area (Å²) in [6.07, 6.45) is 0.618. The smallest absolute Gasteiger partial charge is 0.304 e. The Bertz CT molecular complexity index is 625. The van der Waals surface area contributed by atoms with Crippen LogP contribution in [0.5, 0.6) is 0 Å². The number of aryl methyl sites for hydroxylation is 1. The van der Waals surface area contributed by atoms with E-state index in [0.29, 0.717) is 12.1 Å². The minimum Gasteiger partial charge on any atom is -0.304 e. The van der Waals surface area contributed by atoms with Gasteiger partial charge in [0.15, 0.2) is 5.82 Å². The number of aromatic nitrogens is 2. The average Bonchev–Trinajstić information content (AvgIpc) is 2.86. The summed E-state index contributed by atoms with van der Waals surface area (Å²) in [6, 6.07) is 5.70. The highest BCUT2D eigenvalue weighted by Gasteiger charge is 2.43. The number of nitrogens with zero attached hydrogens (tertiary/aromatic N) is 1. The molecule has 4 nitrogen and oxygen atoms in total. The fourth-order valence-electron chi connectivity index (χ4n) is 1.64. The molecule has 1 aromatic carbocycles. The second-order valence-electron chi connectivity index (χ2n) is 4.14. The molecule has 0 aliphatic heterocycles. The van der Waals surface area contributed by atoms with E-state index in [4.69, 9.17) is 0 Å². The van der Waals surface area contributed by atoms with Crippen molar-refractivity contribution in [3.8, 4) is 0 Å². The number of aromatic amines is 1. The van der Waals surface area contributed by atoms with Gasteiger partial charge in [0, 0.05) is 11.8 Å². The zero-order chi connectivity index (χ0) is 14.8. The van der Waals surface area contributed by atoms with Gasteiger partial charge in [-0.2, -0.15) is 13.9 Å². The topological polar surface area (TPSA) is 57.8 Å². The summed E-state index contributed by atoms with van der Waals surface area (Å²) in [5, 5.41) is 8.22. The Morgan fingerprint density at radius 3 is 2.70 bits per heavy atom. The molecular formula is C13H12F3N3O. The van der Waals surface area contributed by atoms with Gasteiger partial charge in [-0.25, -0.2) is 4.39 Å². The first-order chi connectivity index (χ1) is 9.45. The molecule has 1 aromatic heterocycles. The van der Waals surface area contributed by atoms with Crippen LogP contribution < -0.4 is 5.32 Å². The number of nitrogens with one attached hydrogen (secondary N) is 2. The van der Waals surface area contributed by atoms with Crippen LogP contribution in [0.1, 0.15) is 18.2 Å². The van der Waals surface area contributed by atoms with E-state index in [2.05, 4.69) is 10.2 Å². The average molecular weight is 283 g/mol. The second kappa shape index (κ2) is 5.36. The molecule has 2 aromatic rings. The zero-order valence-corrected chi connectivity index (χ0v) is 10.6. The number of benzene rings is 1. The largest absolute Gasteiger partial charge is 0.352 e. The van der Waals surface area contributed by atoms with E-state index < -0.39 is 23.2 Å². The van der Waals surface area contributed by atoms with Gasteiger partial charge in [-0.05, 0) is 18.6 Å². The number of anilines is 1. The fraction of sp³-hybridized carbons (Fsp3) is 0.231. The van der Waals surface area contributed by atoms with Crippen molar-refractivity contribution in [2.75, 3.05) is 5.32 Å². The molecule has 2 N–H and O–H groups in total. The van der Waals surface area contributed by atoms with Gasteiger partial charge in [-0.1, -0.05) is 19.1 Å². The third kappa shape index (κ3) is 2.66. The van der Waals surface area contributed by atoms with Crippen LogP contribution in [0, 0.1) is 5.82 Å². The third-order valence-corrected chi connectivity index (χ3v) is 2.75. The van der Waals surface area contributed by atoms with Gasteiger partial charge < -0.3 is 5.32 Å². The Kier molecular flexibility index (Phi) is 3.78. The van der Waals surface area contributed by atoms with Crippen LogP contribution in [-0.4, -0.2) is 16.1 Å². The van der Waals surface area contributed by atoms with Gasteiger partial charge in [0.05, 0.1) is 5.56 Å². The first-order valence-electron chi connectivity index (χ1n) is 5.93. The lowest BCUT2D eigenvalue weighted by atomic mass is 10.1. The number of halogens is 3. The molecular weight excluding hydrogens is 271 g/mol. The van der Waals surface area contributed by atoms with E-state index in [1.54, 1.807) is 0 Å². The molecule has 20 heavy (non-hydrogen) atoms. The van der Waals surface area contributed by atoms with Crippen LogP contribution in [0.4, 0.5) is 19.0 Å². The molecule has 7 heteroatoms. The maximum absolute atomic E-state index is 13.9. The number of rotatable bonds is 4. The molecule has 0 atom stereocenters. The third-order valence-electron chi connectivity index (χ3n) is 2.75. The van der Waals surface area contributed by atoms with Crippen molar-refractivity contribution in [1.82, 2.24) is 10.2 Å². The highest BCUT2D eigenvalue weighted by molar-refractivity contribution is 5.96. The Balaban J connectivity index is 2.21. The normalized spacial score (nSPS) is 11.4. The molecule has 0 saturated heterocycles. The highest BCUT2D eigenvalue weighted by atomic mass is 19.3. The van der Waals surface area contributed by atoms with E-state index in [0.717, 1.165) is 12.1 Å². The molecule has 0 aliphatic rings. The standard InChI is InChI=1S/C13H12F3N3O/c1-2-8-7-11(19-18-8)17-12(20)13(15,16)9-5-3-4-6-10(9)14/h3-7H,2H2,1H3,(H2,17,18,19,20). The van der Waals surface area contributed by atoms with Crippen LogP contribution in [-0.2, 0) is 17.1 Å². The van der Waals surface area contributed by atoms with Crippen LogP contribution in [0.2, 0.25) is 0 Å². The van der Waals surface area contributed by atoms with Crippen molar-refractivity contribution in [1.29, 1.82) is 0 Å². The van der Waals surface area contributed by atoms with Crippen molar-refractivity contribution in [2.24, 2.45) is 0 Å². The number of carbonyl (C=O) groups is 1. The van der Waals surface area contributed by atoms with Crippen LogP contribution in [0.3, 0.4) is 0 Å². The minimum absolute atomic E-state index is 0.0251. The van der Waals surface area contributed by atoms with E-state index >= 15 is 0 Å². The summed E-state index contributed by atoms with van der Waals surface area (Å²) in [5.74, 6) is -6.76. The summed E-state index contributed by atoms with van der Waals surface area (Å²) >= 11 is 0. The molecule has 0 bridgehead atoms. The number of amides is 1. The summed E-state index contributed by atoms with van der Waals surface area (Å²) in [5.41, 5.74) is -0.279. The number of hydrogen-bond acceptors (Lipinski definition) is 2. The summed E-state index contributed by atoms with van der Waals surface area (Å²) < 4.78 is 41.2. The van der Waals surface area contributed by atoms with Crippen molar-refractivity contribution < 1.29 is 18.0 Å². The van der Waals surface area contributed by atoms with Gasteiger partial charge in [0.25, 0.3) is 0 Å².